The fraction of sp³-hybridized carbons (Fsp3) is 0.657. The highest BCUT2D eigenvalue weighted by molar-refractivity contribution is 8.13. The van der Waals surface area contributed by atoms with Crippen molar-refractivity contribution in [2.45, 2.75) is 112 Å². The van der Waals surface area contributed by atoms with Gasteiger partial charge in [-0.3, -0.25) is 4.18 Å². The van der Waals surface area contributed by atoms with Crippen LogP contribution in [-0.4, -0.2) is 35.2 Å². The van der Waals surface area contributed by atoms with Crippen molar-refractivity contribution >= 4 is 29.9 Å². The van der Waals surface area contributed by atoms with Gasteiger partial charge in [-0.15, -0.1) is 0 Å². The van der Waals surface area contributed by atoms with Crippen molar-refractivity contribution < 1.29 is 26.1 Å². The van der Waals surface area contributed by atoms with Crippen molar-refractivity contribution in [1.82, 2.24) is 0 Å². The molecule has 0 fully saturated rings. The maximum Gasteiger partial charge on any atom is 0.296 e. The van der Waals surface area contributed by atoms with E-state index in [1.165, 1.54) is 25.0 Å². The lowest BCUT2D eigenvalue weighted by molar-refractivity contribution is 0.175. The fourth-order valence-corrected chi connectivity index (χ4v) is 5.72. The Hall–Kier alpha value is -1.45. The molecule has 256 valence electrons. The van der Waals surface area contributed by atoms with Crippen molar-refractivity contribution in [3.63, 3.8) is 0 Å². The summed E-state index contributed by atoms with van der Waals surface area (Å²) < 4.78 is 51.1. The first-order valence-corrected chi connectivity index (χ1v) is 19.1. The molecule has 0 heterocycles. The number of hydrogen-bond acceptors (Lipinski definition) is 6. The van der Waals surface area contributed by atoms with Crippen molar-refractivity contribution in [2.75, 3.05) is 13.2 Å². The van der Waals surface area contributed by atoms with E-state index >= 15 is 0 Å². The second kappa shape index (κ2) is 22.1. The zero-order valence-electron chi connectivity index (χ0n) is 28.0. The van der Waals surface area contributed by atoms with Gasteiger partial charge in [-0.05, 0) is 86.5 Å². The molecule has 6 nitrogen and oxygen atoms in total. The van der Waals surface area contributed by atoms with E-state index in [0.29, 0.717) is 30.3 Å². The lowest BCUT2D eigenvalue weighted by Crippen LogP contribution is -2.19. The summed E-state index contributed by atoms with van der Waals surface area (Å²) in [5.41, 5.74) is 2.04. The molecule has 0 aliphatic heterocycles. The molecule has 0 bridgehead atoms. The van der Waals surface area contributed by atoms with E-state index in [2.05, 4.69) is 55.4 Å². The lowest BCUT2D eigenvalue weighted by atomic mass is 9.89. The van der Waals surface area contributed by atoms with Crippen LogP contribution in [0.3, 0.4) is 0 Å². The first-order chi connectivity index (χ1) is 19.8. The highest BCUT2D eigenvalue weighted by Crippen LogP contribution is 2.23. The summed E-state index contributed by atoms with van der Waals surface area (Å²) in [6, 6.07) is 13.1. The third-order valence-corrected chi connectivity index (χ3v) is 10.1. The van der Waals surface area contributed by atoms with Gasteiger partial charge >= 0.3 is 0 Å². The summed E-state index contributed by atoms with van der Waals surface area (Å²) in [6.45, 7) is 21.8. The summed E-state index contributed by atoms with van der Waals surface area (Å²) in [5.74, 6) is 3.21. The number of hydrogen-bond donors (Lipinski definition) is 1. The monoisotopic (exact) mass is 676 g/mol. The van der Waals surface area contributed by atoms with Gasteiger partial charge in [0, 0.05) is 17.3 Å². The Morgan fingerprint density at radius 2 is 1.00 bits per heavy atom. The second-order valence-electron chi connectivity index (χ2n) is 12.9. The molecule has 2 unspecified atom stereocenters. The molecule has 2 atom stereocenters. The molecular weight excluding hydrogens is 616 g/mol. The molecule has 44 heavy (non-hydrogen) atoms. The topological polar surface area (TPSA) is 97.7 Å². The number of aliphatic hydroxyl groups excluding tert-OH is 1. The van der Waals surface area contributed by atoms with Gasteiger partial charge in [0.05, 0.1) is 16.4 Å². The minimum Gasteiger partial charge on any atom is -0.396 e. The average molecular weight is 677 g/mol. The molecular formula is C35H61ClO6S2. The maximum absolute atomic E-state index is 12.2. The van der Waals surface area contributed by atoms with Crippen LogP contribution in [0.15, 0.2) is 58.3 Å². The summed E-state index contributed by atoms with van der Waals surface area (Å²) in [5, 5.41) is 9.01. The van der Waals surface area contributed by atoms with Crippen molar-refractivity contribution in [3.05, 3.63) is 59.7 Å². The quantitative estimate of drug-likeness (QED) is 0.158. The van der Waals surface area contributed by atoms with Crippen LogP contribution >= 0.6 is 10.7 Å². The smallest absolute Gasteiger partial charge is 0.296 e. The predicted octanol–water partition coefficient (Wildman–Crippen LogP) is 9.65. The Morgan fingerprint density at radius 3 is 1.32 bits per heavy atom. The third-order valence-electron chi connectivity index (χ3n) is 7.40. The largest absolute Gasteiger partial charge is 0.396 e. The second-order valence-corrected chi connectivity index (χ2v) is 17.1. The van der Waals surface area contributed by atoms with Crippen LogP contribution in [0, 0.1) is 49.4 Å². The van der Waals surface area contributed by atoms with Gasteiger partial charge in [-0.1, -0.05) is 111 Å². The Labute approximate surface area is 275 Å². The SMILES string of the molecule is C.CC(C)CCC(CO)C(C)C.Cc1ccc(S(=O)(=O)Cl)cc1.Cc1ccc(S(=O)(=O)OCC(CCC(C)C)C(C)C)cc1. The van der Waals surface area contributed by atoms with Gasteiger partial charge in [0.1, 0.15) is 0 Å². The van der Waals surface area contributed by atoms with Crippen LogP contribution in [0.5, 0.6) is 0 Å². The molecule has 2 aromatic carbocycles. The van der Waals surface area contributed by atoms with Crippen LogP contribution in [0.2, 0.25) is 0 Å². The van der Waals surface area contributed by atoms with Crippen molar-refractivity contribution in [1.29, 1.82) is 0 Å². The van der Waals surface area contributed by atoms with E-state index in [9.17, 15) is 16.8 Å². The van der Waals surface area contributed by atoms with E-state index in [1.807, 2.05) is 13.8 Å². The Balaban J connectivity index is 0. The first-order valence-electron chi connectivity index (χ1n) is 15.4. The van der Waals surface area contributed by atoms with E-state index in [4.69, 9.17) is 20.0 Å². The lowest BCUT2D eigenvalue weighted by Gasteiger charge is -2.21. The molecule has 0 amide bonds. The summed E-state index contributed by atoms with van der Waals surface area (Å²) in [7, 11) is -2.11. The standard InChI is InChI=1S/C17H28O3S.C10H22O.C7H7ClO2S.CH4/c1-13(2)6-9-16(14(3)4)12-20-21(18,19)17-10-7-15(5)8-11-17;1-8(2)5-6-10(7-11)9(3)4;1-6-2-4-7(5-3-6)11(8,9)10;/h7-8,10-11,13-14,16H,6,9,12H2,1-5H3;8-11H,5-7H2,1-4H3;2-5H,1H3;1H4. The molecule has 1 N–H and O–H groups in total. The molecule has 2 aromatic rings. The fourth-order valence-electron chi connectivity index (χ4n) is 3.99. The Kier molecular flexibility index (Phi) is 22.5. The summed E-state index contributed by atoms with van der Waals surface area (Å²) in [4.78, 5) is 0.379. The minimum absolute atomic E-state index is 0. The van der Waals surface area contributed by atoms with Gasteiger partial charge in [0.25, 0.3) is 19.2 Å². The van der Waals surface area contributed by atoms with Crippen LogP contribution in [-0.2, 0) is 23.4 Å². The molecule has 0 saturated carbocycles. The molecule has 0 aromatic heterocycles. The van der Waals surface area contributed by atoms with Gasteiger partial charge in [-0.2, -0.15) is 8.42 Å². The first kappa shape index (κ1) is 44.7. The van der Waals surface area contributed by atoms with Crippen LogP contribution < -0.4 is 0 Å². The van der Waals surface area contributed by atoms with Gasteiger partial charge in [0.15, 0.2) is 0 Å². The summed E-state index contributed by atoms with van der Waals surface area (Å²) in [6.07, 6.45) is 4.50. The Morgan fingerprint density at radius 1 is 0.636 bits per heavy atom. The number of aliphatic hydroxyl groups is 1. The molecule has 0 aliphatic rings. The third kappa shape index (κ3) is 19.8. The average Bonchev–Trinajstić information content (AvgIpc) is 2.89. The zero-order chi connectivity index (χ0) is 33.4. The van der Waals surface area contributed by atoms with Gasteiger partial charge in [-0.25, -0.2) is 8.42 Å². The molecule has 0 spiro atoms. The van der Waals surface area contributed by atoms with Gasteiger partial charge in [0.2, 0.25) is 0 Å². The van der Waals surface area contributed by atoms with E-state index in [1.54, 1.807) is 36.4 Å². The normalized spacial score (nSPS) is 13.1. The highest BCUT2D eigenvalue weighted by atomic mass is 35.7. The van der Waals surface area contributed by atoms with E-state index in [0.717, 1.165) is 29.9 Å². The molecule has 0 saturated heterocycles. The van der Waals surface area contributed by atoms with Crippen LogP contribution in [0.4, 0.5) is 0 Å². The van der Waals surface area contributed by atoms with Crippen molar-refractivity contribution in [2.24, 2.45) is 35.5 Å². The zero-order valence-corrected chi connectivity index (χ0v) is 30.4. The number of aryl methyl sites for hydroxylation is 2. The molecule has 0 aliphatic carbocycles. The van der Waals surface area contributed by atoms with Gasteiger partial charge < -0.3 is 5.11 Å². The maximum atomic E-state index is 12.2. The molecule has 2 rings (SSSR count). The highest BCUT2D eigenvalue weighted by Gasteiger charge is 2.21. The predicted molar refractivity (Wildman–Crippen MR) is 187 cm³/mol. The van der Waals surface area contributed by atoms with E-state index < -0.39 is 19.2 Å². The minimum atomic E-state index is -3.64. The molecule has 0 radical (unpaired) electrons. The Bertz CT molecular complexity index is 1220. The number of halogens is 1. The van der Waals surface area contributed by atoms with Crippen LogP contribution in [0.25, 0.3) is 0 Å². The summed E-state index contributed by atoms with van der Waals surface area (Å²) >= 11 is 0. The van der Waals surface area contributed by atoms with E-state index in [-0.39, 0.29) is 29.7 Å². The molecule has 9 heteroatoms. The van der Waals surface area contributed by atoms with Crippen LogP contribution in [0.1, 0.15) is 99.6 Å². The number of benzene rings is 2. The van der Waals surface area contributed by atoms with Crippen molar-refractivity contribution in [3.8, 4) is 0 Å². The number of rotatable bonds is 14.